The van der Waals surface area contributed by atoms with Crippen LogP contribution in [0, 0.1) is 10.8 Å². The maximum atomic E-state index is 11.8. The zero-order chi connectivity index (χ0) is 12.7. The van der Waals surface area contributed by atoms with Crippen LogP contribution in [0.15, 0.2) is 24.3 Å². The molecule has 1 aliphatic carbocycles. The molecule has 1 aromatic carbocycles. The van der Waals surface area contributed by atoms with Crippen LogP contribution >= 0.6 is 0 Å². The van der Waals surface area contributed by atoms with Gasteiger partial charge in [-0.1, -0.05) is 26.0 Å². The number of rotatable bonds is 4. The van der Waals surface area contributed by atoms with E-state index in [1.807, 2.05) is 12.1 Å². The van der Waals surface area contributed by atoms with Gasteiger partial charge in [0.25, 0.3) is 0 Å². The Morgan fingerprint density at radius 3 is 2.18 bits per heavy atom. The first-order chi connectivity index (χ1) is 7.91. The highest BCUT2D eigenvalue weighted by molar-refractivity contribution is 5.87. The molecule has 0 spiro atoms. The maximum Gasteiger partial charge on any atom is 0.136 e. The van der Waals surface area contributed by atoms with Gasteiger partial charge in [-0.2, -0.15) is 0 Å². The summed E-state index contributed by atoms with van der Waals surface area (Å²) >= 11 is 0. The van der Waals surface area contributed by atoms with Crippen LogP contribution in [0.4, 0.5) is 0 Å². The van der Waals surface area contributed by atoms with E-state index in [1.165, 1.54) is 5.56 Å². The summed E-state index contributed by atoms with van der Waals surface area (Å²) in [5.41, 5.74) is 1.23. The van der Waals surface area contributed by atoms with Gasteiger partial charge in [-0.3, -0.25) is 4.79 Å². The van der Waals surface area contributed by atoms with Crippen molar-refractivity contribution in [3.63, 3.8) is 0 Å². The number of carbonyl (C=O) groups excluding carboxylic acids is 1. The van der Waals surface area contributed by atoms with Gasteiger partial charge in [0.05, 0.1) is 7.11 Å². The second kappa shape index (κ2) is 3.86. The Balaban J connectivity index is 2.17. The predicted molar refractivity (Wildman–Crippen MR) is 68.2 cm³/mol. The largest absolute Gasteiger partial charge is 0.497 e. The van der Waals surface area contributed by atoms with E-state index in [2.05, 4.69) is 26.0 Å². The number of hydrogen-bond acceptors (Lipinski definition) is 2. The average molecular weight is 232 g/mol. The third-order valence-electron chi connectivity index (χ3n) is 4.25. The molecule has 0 aliphatic heterocycles. The SMILES string of the molecule is COc1ccc(CC2(C(C)=O)CC2(C)C)cc1. The lowest BCUT2D eigenvalue weighted by atomic mass is 9.85. The first-order valence-electron chi connectivity index (χ1n) is 6.05. The van der Waals surface area contributed by atoms with Gasteiger partial charge in [-0.15, -0.1) is 0 Å². The molecule has 1 fully saturated rings. The molecule has 2 rings (SSSR count). The van der Waals surface area contributed by atoms with E-state index in [4.69, 9.17) is 4.74 Å². The van der Waals surface area contributed by atoms with E-state index in [-0.39, 0.29) is 10.8 Å². The molecule has 92 valence electrons. The van der Waals surface area contributed by atoms with Gasteiger partial charge < -0.3 is 4.74 Å². The molecule has 1 unspecified atom stereocenters. The van der Waals surface area contributed by atoms with E-state index < -0.39 is 0 Å². The molecule has 1 aromatic rings. The summed E-state index contributed by atoms with van der Waals surface area (Å²) in [5, 5.41) is 0. The monoisotopic (exact) mass is 232 g/mol. The van der Waals surface area contributed by atoms with Crippen molar-refractivity contribution in [3.8, 4) is 5.75 Å². The highest BCUT2D eigenvalue weighted by Crippen LogP contribution is 2.65. The summed E-state index contributed by atoms with van der Waals surface area (Å²) in [5.74, 6) is 1.18. The third-order valence-corrected chi connectivity index (χ3v) is 4.25. The molecule has 0 saturated heterocycles. The maximum absolute atomic E-state index is 11.8. The van der Waals surface area contributed by atoms with Crippen molar-refractivity contribution >= 4 is 5.78 Å². The molecule has 2 heteroatoms. The molecule has 0 bridgehead atoms. The number of Topliss-reactive ketones (excluding diaryl/α,β-unsaturated/α-hetero) is 1. The van der Waals surface area contributed by atoms with Crippen molar-refractivity contribution < 1.29 is 9.53 Å². The molecule has 0 N–H and O–H groups in total. The molecule has 2 nitrogen and oxygen atoms in total. The minimum absolute atomic E-state index is 0.137. The van der Waals surface area contributed by atoms with Crippen molar-refractivity contribution in [3.05, 3.63) is 29.8 Å². The van der Waals surface area contributed by atoms with Crippen LogP contribution in [0.25, 0.3) is 0 Å². The Hall–Kier alpha value is -1.31. The first-order valence-corrected chi connectivity index (χ1v) is 6.05. The van der Waals surface area contributed by atoms with Crippen molar-refractivity contribution in [2.45, 2.75) is 33.6 Å². The normalized spacial score (nSPS) is 25.4. The van der Waals surface area contributed by atoms with Crippen LogP contribution in [0.5, 0.6) is 5.75 Å². The molecule has 0 radical (unpaired) electrons. The van der Waals surface area contributed by atoms with Crippen molar-refractivity contribution in [1.29, 1.82) is 0 Å². The van der Waals surface area contributed by atoms with Gasteiger partial charge in [0, 0.05) is 5.41 Å². The fourth-order valence-electron chi connectivity index (χ4n) is 2.83. The lowest BCUT2D eigenvalue weighted by Gasteiger charge is -2.17. The van der Waals surface area contributed by atoms with Gasteiger partial charge in [-0.25, -0.2) is 0 Å². The van der Waals surface area contributed by atoms with Crippen LogP contribution < -0.4 is 4.74 Å². The highest BCUT2D eigenvalue weighted by Gasteiger charge is 2.63. The van der Waals surface area contributed by atoms with Gasteiger partial charge in [-0.05, 0) is 42.9 Å². The summed E-state index contributed by atoms with van der Waals surface area (Å²) in [6, 6.07) is 8.02. The van der Waals surface area contributed by atoms with E-state index in [0.717, 1.165) is 18.6 Å². The lowest BCUT2D eigenvalue weighted by molar-refractivity contribution is -0.123. The molecule has 17 heavy (non-hydrogen) atoms. The van der Waals surface area contributed by atoms with Crippen LogP contribution in [-0.4, -0.2) is 12.9 Å². The minimum atomic E-state index is -0.137. The quantitative estimate of drug-likeness (QED) is 0.796. The highest BCUT2D eigenvalue weighted by atomic mass is 16.5. The van der Waals surface area contributed by atoms with Gasteiger partial charge in [0.15, 0.2) is 0 Å². The van der Waals surface area contributed by atoms with Crippen molar-refractivity contribution in [1.82, 2.24) is 0 Å². The molecule has 1 saturated carbocycles. The number of benzene rings is 1. The van der Waals surface area contributed by atoms with Crippen LogP contribution in [0.1, 0.15) is 32.8 Å². The molecular formula is C15H20O2. The van der Waals surface area contributed by atoms with Gasteiger partial charge in [0.1, 0.15) is 11.5 Å². The smallest absolute Gasteiger partial charge is 0.136 e. The van der Waals surface area contributed by atoms with Crippen molar-refractivity contribution in [2.24, 2.45) is 10.8 Å². The Kier molecular flexibility index (Phi) is 2.76. The summed E-state index contributed by atoms with van der Waals surface area (Å²) < 4.78 is 5.14. The number of ether oxygens (including phenoxy) is 1. The Morgan fingerprint density at radius 2 is 1.82 bits per heavy atom. The van der Waals surface area contributed by atoms with E-state index >= 15 is 0 Å². The summed E-state index contributed by atoms with van der Waals surface area (Å²) in [6.07, 6.45) is 1.85. The number of carbonyl (C=O) groups is 1. The van der Waals surface area contributed by atoms with Gasteiger partial charge >= 0.3 is 0 Å². The van der Waals surface area contributed by atoms with Gasteiger partial charge in [0.2, 0.25) is 0 Å². The summed E-state index contributed by atoms with van der Waals surface area (Å²) in [7, 11) is 1.66. The molecule has 0 amide bonds. The third kappa shape index (κ3) is 1.97. The topological polar surface area (TPSA) is 26.3 Å². The molecular weight excluding hydrogens is 212 g/mol. The fraction of sp³-hybridized carbons (Fsp3) is 0.533. The van der Waals surface area contributed by atoms with Crippen molar-refractivity contribution in [2.75, 3.05) is 7.11 Å². The first kappa shape index (κ1) is 12.2. The average Bonchev–Trinajstić information content (AvgIpc) is 2.83. The second-order valence-corrected chi connectivity index (χ2v) is 5.72. The van der Waals surface area contributed by atoms with E-state index in [1.54, 1.807) is 14.0 Å². The van der Waals surface area contributed by atoms with Crippen LogP contribution in [0.3, 0.4) is 0 Å². The predicted octanol–water partition coefficient (Wildman–Crippen LogP) is 3.24. The van der Waals surface area contributed by atoms with Crippen LogP contribution in [0.2, 0.25) is 0 Å². The molecule has 0 aromatic heterocycles. The molecule has 0 heterocycles. The summed E-state index contributed by atoms with van der Waals surface area (Å²) in [4.78, 5) is 11.8. The minimum Gasteiger partial charge on any atom is -0.497 e. The summed E-state index contributed by atoms with van der Waals surface area (Å²) in [6.45, 7) is 6.08. The fourth-order valence-corrected chi connectivity index (χ4v) is 2.83. The Bertz CT molecular complexity index is 431. The number of ketones is 1. The zero-order valence-corrected chi connectivity index (χ0v) is 11.0. The Labute approximate surface area is 103 Å². The van der Waals surface area contributed by atoms with E-state index in [0.29, 0.717) is 5.78 Å². The zero-order valence-electron chi connectivity index (χ0n) is 11.0. The number of methoxy groups -OCH3 is 1. The standard InChI is InChI=1S/C15H20O2/c1-11(16)15(10-14(15,2)3)9-12-5-7-13(17-4)8-6-12/h5-8H,9-10H2,1-4H3. The molecule has 1 aliphatic rings. The lowest BCUT2D eigenvalue weighted by Crippen LogP contribution is -2.21. The number of hydrogen-bond donors (Lipinski definition) is 0. The molecule has 1 atom stereocenters. The van der Waals surface area contributed by atoms with E-state index in [9.17, 15) is 4.79 Å². The second-order valence-electron chi connectivity index (χ2n) is 5.72. The Morgan fingerprint density at radius 1 is 1.29 bits per heavy atom. The van der Waals surface area contributed by atoms with Crippen LogP contribution in [-0.2, 0) is 11.2 Å².